The van der Waals surface area contributed by atoms with E-state index in [1.165, 1.54) is 77.0 Å². The maximum atomic E-state index is 8.99. The van der Waals surface area contributed by atoms with Crippen LogP contribution >= 0.6 is 0 Å². The van der Waals surface area contributed by atoms with Crippen LogP contribution < -0.4 is 0 Å². The number of hydrogen-bond acceptors (Lipinski definition) is 2. The van der Waals surface area contributed by atoms with Crippen molar-refractivity contribution >= 4 is 0 Å². The predicted molar refractivity (Wildman–Crippen MR) is 105 cm³/mol. The summed E-state index contributed by atoms with van der Waals surface area (Å²) in [6.07, 6.45) is 17.8. The molecule has 0 spiro atoms. The van der Waals surface area contributed by atoms with Gasteiger partial charge >= 0.3 is 0 Å². The van der Waals surface area contributed by atoms with E-state index in [0.717, 1.165) is 37.2 Å². The molecule has 3 nitrogen and oxygen atoms in total. The Balaban J connectivity index is 3.10. The van der Waals surface area contributed by atoms with Crippen LogP contribution in [-0.4, -0.2) is 56.6 Å². The molecule has 0 fully saturated rings. The van der Waals surface area contributed by atoms with Gasteiger partial charge in [0.15, 0.2) is 0 Å². The van der Waals surface area contributed by atoms with Crippen LogP contribution in [0.5, 0.6) is 0 Å². The Morgan fingerprint density at radius 3 is 1.58 bits per heavy atom. The third kappa shape index (κ3) is 18.2. The van der Waals surface area contributed by atoms with Gasteiger partial charge < -0.3 is 14.3 Å². The molecule has 0 aliphatic carbocycles. The second-order valence-corrected chi connectivity index (χ2v) is 7.96. The molecule has 24 heavy (non-hydrogen) atoms. The normalized spacial score (nSPS) is 12.0. The van der Waals surface area contributed by atoms with Crippen LogP contribution in [0.2, 0.25) is 0 Å². The average Bonchev–Trinajstić information content (AvgIpc) is 2.54. The zero-order valence-corrected chi connectivity index (χ0v) is 17.0. The van der Waals surface area contributed by atoms with E-state index in [9.17, 15) is 0 Å². The van der Waals surface area contributed by atoms with Crippen molar-refractivity contribution in [1.82, 2.24) is 0 Å². The van der Waals surface area contributed by atoms with E-state index in [1.54, 1.807) is 0 Å². The van der Waals surface area contributed by atoms with Crippen molar-refractivity contribution in [3.8, 4) is 0 Å². The molecule has 146 valence electrons. The molecule has 0 aliphatic rings. The largest absolute Gasteiger partial charge is 0.391 e. The molecule has 0 aromatic rings. The van der Waals surface area contributed by atoms with Crippen LogP contribution in [-0.2, 0) is 4.74 Å². The molecule has 0 aromatic heterocycles. The molecule has 0 aromatic carbocycles. The Kier molecular flexibility index (Phi) is 17.6. The first kappa shape index (κ1) is 23.9. The molecule has 0 rings (SSSR count). The zero-order chi connectivity index (χ0) is 17.9. The summed E-state index contributed by atoms with van der Waals surface area (Å²) in [7, 11) is 4.34. The smallest absolute Gasteiger partial charge is 0.102 e. The number of quaternary nitrogens is 1. The van der Waals surface area contributed by atoms with E-state index in [0.29, 0.717) is 0 Å². The van der Waals surface area contributed by atoms with Gasteiger partial charge in [0.05, 0.1) is 33.9 Å². The lowest BCUT2D eigenvalue weighted by Crippen LogP contribution is -2.43. The second-order valence-electron chi connectivity index (χ2n) is 7.96. The summed E-state index contributed by atoms with van der Waals surface area (Å²) in [6.45, 7) is 6.25. The summed E-state index contributed by atoms with van der Waals surface area (Å²) in [5.41, 5.74) is 0. The summed E-state index contributed by atoms with van der Waals surface area (Å²) >= 11 is 0. The second kappa shape index (κ2) is 17.7. The molecule has 0 saturated carbocycles. The van der Waals surface area contributed by atoms with Gasteiger partial charge in [-0.05, 0) is 6.42 Å². The fourth-order valence-electron chi connectivity index (χ4n) is 3.12. The number of hydrogen-bond donors (Lipinski definition) is 1. The number of unbranched alkanes of at least 4 members (excludes halogenated alkanes) is 11. The van der Waals surface area contributed by atoms with Crippen molar-refractivity contribution in [3.05, 3.63) is 0 Å². The van der Waals surface area contributed by atoms with Gasteiger partial charge in [0, 0.05) is 13.0 Å². The number of rotatable bonds is 19. The third-order valence-electron chi connectivity index (χ3n) is 4.90. The molecule has 0 atom stereocenters. The highest BCUT2D eigenvalue weighted by molar-refractivity contribution is 4.48. The quantitative estimate of drug-likeness (QED) is 0.259. The summed E-state index contributed by atoms with van der Waals surface area (Å²) in [6, 6.07) is 0. The molecule has 1 N–H and O–H groups in total. The highest BCUT2D eigenvalue weighted by Gasteiger charge is 2.12. The van der Waals surface area contributed by atoms with Gasteiger partial charge in [-0.15, -0.1) is 0 Å². The Hall–Kier alpha value is -0.120. The van der Waals surface area contributed by atoms with E-state index in [1.807, 2.05) is 0 Å². The van der Waals surface area contributed by atoms with Crippen molar-refractivity contribution in [2.24, 2.45) is 0 Å². The SMILES string of the molecule is CCCCCCCCCCCCCCOCCC[N+](C)(C)CCO. The number of aliphatic hydroxyl groups is 1. The lowest BCUT2D eigenvalue weighted by molar-refractivity contribution is -0.890. The zero-order valence-electron chi connectivity index (χ0n) is 17.0. The lowest BCUT2D eigenvalue weighted by atomic mass is 10.1. The predicted octanol–water partition coefficient (Wildman–Crippen LogP) is 5.16. The van der Waals surface area contributed by atoms with E-state index in [-0.39, 0.29) is 6.61 Å². The number of likely N-dealkylation sites (N-methyl/N-ethyl adjacent to an activating group) is 1. The fraction of sp³-hybridized carbons (Fsp3) is 1.00. The highest BCUT2D eigenvalue weighted by Crippen LogP contribution is 2.11. The van der Waals surface area contributed by atoms with Crippen LogP contribution in [0.25, 0.3) is 0 Å². The topological polar surface area (TPSA) is 29.5 Å². The molecule has 0 saturated heterocycles. The molecule has 0 radical (unpaired) electrons. The minimum Gasteiger partial charge on any atom is -0.391 e. The average molecular weight is 345 g/mol. The van der Waals surface area contributed by atoms with Gasteiger partial charge in [0.1, 0.15) is 6.54 Å². The monoisotopic (exact) mass is 344 g/mol. The first-order chi connectivity index (χ1) is 11.6. The Labute approximate surface area is 152 Å². The highest BCUT2D eigenvalue weighted by atomic mass is 16.5. The Bertz CT molecular complexity index is 244. The first-order valence-corrected chi connectivity index (χ1v) is 10.6. The van der Waals surface area contributed by atoms with Crippen LogP contribution in [0.1, 0.15) is 90.4 Å². The Morgan fingerprint density at radius 1 is 0.625 bits per heavy atom. The number of nitrogens with zero attached hydrogens (tertiary/aromatic N) is 1. The van der Waals surface area contributed by atoms with Crippen LogP contribution in [0.15, 0.2) is 0 Å². The molecule has 0 heterocycles. The van der Waals surface area contributed by atoms with Crippen LogP contribution in [0.4, 0.5) is 0 Å². The van der Waals surface area contributed by atoms with Gasteiger partial charge in [-0.1, -0.05) is 77.6 Å². The Morgan fingerprint density at radius 2 is 1.08 bits per heavy atom. The van der Waals surface area contributed by atoms with Crippen molar-refractivity contribution < 1.29 is 14.3 Å². The summed E-state index contributed by atoms with van der Waals surface area (Å²) in [5, 5.41) is 8.99. The van der Waals surface area contributed by atoms with Crippen molar-refractivity contribution in [2.75, 3.05) is 47.0 Å². The van der Waals surface area contributed by atoms with E-state index in [4.69, 9.17) is 9.84 Å². The number of ether oxygens (including phenoxy) is 1. The summed E-state index contributed by atoms with van der Waals surface area (Å²) in [4.78, 5) is 0. The van der Waals surface area contributed by atoms with Crippen molar-refractivity contribution in [3.63, 3.8) is 0 Å². The van der Waals surface area contributed by atoms with Crippen molar-refractivity contribution in [1.29, 1.82) is 0 Å². The van der Waals surface area contributed by atoms with E-state index < -0.39 is 0 Å². The summed E-state index contributed by atoms with van der Waals surface area (Å²) in [5.74, 6) is 0. The van der Waals surface area contributed by atoms with Crippen LogP contribution in [0.3, 0.4) is 0 Å². The maximum Gasteiger partial charge on any atom is 0.102 e. The first-order valence-electron chi connectivity index (χ1n) is 10.6. The molecular formula is C21H46NO2+. The van der Waals surface area contributed by atoms with E-state index >= 15 is 0 Å². The lowest BCUT2D eigenvalue weighted by Gasteiger charge is -2.28. The van der Waals surface area contributed by atoms with Gasteiger partial charge in [-0.2, -0.15) is 0 Å². The van der Waals surface area contributed by atoms with Crippen molar-refractivity contribution in [2.45, 2.75) is 90.4 Å². The third-order valence-corrected chi connectivity index (χ3v) is 4.90. The minimum atomic E-state index is 0.271. The molecule has 0 amide bonds. The summed E-state index contributed by atoms with van der Waals surface area (Å²) < 4.78 is 6.61. The molecular weight excluding hydrogens is 298 g/mol. The molecule has 0 aliphatic heterocycles. The molecule has 3 heteroatoms. The van der Waals surface area contributed by atoms with Gasteiger partial charge in [0.2, 0.25) is 0 Å². The molecule has 0 bridgehead atoms. The number of aliphatic hydroxyl groups excluding tert-OH is 1. The molecule has 0 unspecified atom stereocenters. The van der Waals surface area contributed by atoms with Gasteiger partial charge in [-0.25, -0.2) is 0 Å². The standard InChI is InChI=1S/C21H46NO2/c1-4-5-6-7-8-9-10-11-12-13-14-15-20-24-21-16-17-22(2,3)18-19-23/h23H,4-21H2,1-3H3/q+1. The van der Waals surface area contributed by atoms with Gasteiger partial charge in [-0.3, -0.25) is 0 Å². The van der Waals surface area contributed by atoms with Gasteiger partial charge in [0.25, 0.3) is 0 Å². The van der Waals surface area contributed by atoms with E-state index in [2.05, 4.69) is 21.0 Å². The van der Waals surface area contributed by atoms with Crippen LogP contribution in [0, 0.1) is 0 Å². The maximum absolute atomic E-state index is 8.99. The minimum absolute atomic E-state index is 0.271. The fourth-order valence-corrected chi connectivity index (χ4v) is 3.12.